The summed E-state index contributed by atoms with van der Waals surface area (Å²) in [5, 5.41) is 44.6. The molecule has 0 spiro atoms. The fourth-order valence-corrected chi connectivity index (χ4v) is 5.06. The maximum absolute atomic E-state index is 12.2. The fraction of sp³-hybridized carbons (Fsp3) is 0.345. The topological polar surface area (TPSA) is 151 Å². The van der Waals surface area contributed by atoms with Gasteiger partial charge >= 0.3 is 0 Å². The van der Waals surface area contributed by atoms with E-state index < -0.39 is 30.7 Å². The van der Waals surface area contributed by atoms with Gasteiger partial charge in [0.25, 0.3) is 0 Å². The van der Waals surface area contributed by atoms with E-state index in [2.05, 4.69) is 4.98 Å². The smallest absolute Gasteiger partial charge is 0.229 e. The number of phenolic OH excluding ortho intramolecular Hbond substituents is 1. The lowest BCUT2D eigenvalue weighted by Gasteiger charge is -2.40. The molecular weight excluding hydrogens is 506 g/mol. The number of hydrogen-bond acceptors (Lipinski definition) is 9. The van der Waals surface area contributed by atoms with Crippen LogP contribution in [0.2, 0.25) is 0 Å². The zero-order valence-corrected chi connectivity index (χ0v) is 21.7. The predicted molar refractivity (Wildman–Crippen MR) is 142 cm³/mol. The third-order valence-electron chi connectivity index (χ3n) is 7.06. The molecule has 0 unspecified atom stereocenters. The Morgan fingerprint density at radius 2 is 1.85 bits per heavy atom. The van der Waals surface area contributed by atoms with Crippen LogP contribution < -0.4 is 9.47 Å². The molecule has 5 rings (SSSR count). The Morgan fingerprint density at radius 1 is 1.08 bits per heavy atom. The van der Waals surface area contributed by atoms with Gasteiger partial charge in [-0.15, -0.1) is 0 Å². The van der Waals surface area contributed by atoms with Crippen LogP contribution in [0.5, 0.6) is 17.2 Å². The first-order valence-corrected chi connectivity index (χ1v) is 12.5. The molecule has 0 bridgehead atoms. The van der Waals surface area contributed by atoms with E-state index in [9.17, 15) is 25.2 Å². The number of para-hydroxylation sites is 1. The Balaban J connectivity index is 1.39. The van der Waals surface area contributed by atoms with Gasteiger partial charge in [-0.1, -0.05) is 24.3 Å². The van der Waals surface area contributed by atoms with E-state index in [1.54, 1.807) is 19.1 Å². The number of phenols is 1. The minimum absolute atomic E-state index is 0.0652. The number of benzene rings is 3. The molecule has 0 amide bonds. The van der Waals surface area contributed by atoms with Crippen LogP contribution in [0.1, 0.15) is 28.4 Å². The standard InChI is InChI=1S/C29H31NO9/c1-14-8-16-9-18(36-3)10-21(24(16)26(33)23(14)15(2)31)38-29-28(35)27(34)25(32)22(39-29)13-37-12-17-11-30-20-7-5-4-6-19(17)20/h4-11,22,25,27-30,32-35H,12-13H2,1-3H3/t22-,25-,27+,28-,29+/m1/s1. The molecule has 39 heavy (non-hydrogen) atoms. The molecule has 1 aromatic heterocycles. The summed E-state index contributed by atoms with van der Waals surface area (Å²) in [6, 6.07) is 12.7. The fourth-order valence-electron chi connectivity index (χ4n) is 5.06. The molecule has 4 aromatic rings. The number of carbonyl (C=O) groups is 1. The minimum atomic E-state index is -1.62. The number of methoxy groups -OCH3 is 1. The highest BCUT2D eigenvalue weighted by Gasteiger charge is 2.45. The summed E-state index contributed by atoms with van der Waals surface area (Å²) < 4.78 is 23.0. The zero-order chi connectivity index (χ0) is 27.8. The number of rotatable bonds is 8. The Kier molecular flexibility index (Phi) is 7.48. The lowest BCUT2D eigenvalue weighted by Crippen LogP contribution is -2.60. The van der Waals surface area contributed by atoms with Gasteiger partial charge in [0.05, 0.1) is 31.3 Å². The number of ketones is 1. The first-order chi connectivity index (χ1) is 18.7. The SMILES string of the molecule is COc1cc(O[C@H]2O[C@H](COCc3c[nH]c4ccccc34)[C@@H](O)[C@H](O)[C@H]2O)c2c(O)c(C(C)=O)c(C)cc2c1. The second-order valence-corrected chi connectivity index (χ2v) is 9.70. The van der Waals surface area contributed by atoms with Crippen molar-refractivity contribution < 1.29 is 44.2 Å². The highest BCUT2D eigenvalue weighted by Crippen LogP contribution is 2.42. The molecule has 2 heterocycles. The van der Waals surface area contributed by atoms with Gasteiger partial charge in [0.15, 0.2) is 5.78 Å². The van der Waals surface area contributed by atoms with E-state index in [4.69, 9.17) is 18.9 Å². The molecule has 1 fully saturated rings. The monoisotopic (exact) mass is 537 g/mol. The van der Waals surface area contributed by atoms with E-state index in [1.807, 2.05) is 30.5 Å². The van der Waals surface area contributed by atoms with Crippen LogP contribution in [-0.4, -0.2) is 75.6 Å². The van der Waals surface area contributed by atoms with Gasteiger partial charge in [0.2, 0.25) is 6.29 Å². The number of Topliss-reactive ketones (excluding diaryl/α,β-unsaturated/α-hetero) is 1. The third kappa shape index (κ3) is 5.05. The summed E-state index contributed by atoms with van der Waals surface area (Å²) in [7, 11) is 1.47. The van der Waals surface area contributed by atoms with Crippen molar-refractivity contribution in [3.8, 4) is 17.2 Å². The Hall–Kier alpha value is -3.67. The van der Waals surface area contributed by atoms with Crippen LogP contribution in [-0.2, 0) is 16.1 Å². The maximum Gasteiger partial charge on any atom is 0.229 e. The second kappa shape index (κ2) is 10.8. The van der Waals surface area contributed by atoms with Gasteiger partial charge in [-0.25, -0.2) is 0 Å². The van der Waals surface area contributed by atoms with E-state index in [0.717, 1.165) is 16.5 Å². The van der Waals surface area contributed by atoms with E-state index >= 15 is 0 Å². The third-order valence-corrected chi connectivity index (χ3v) is 7.06. The van der Waals surface area contributed by atoms with E-state index in [-0.39, 0.29) is 41.4 Å². The first-order valence-electron chi connectivity index (χ1n) is 12.5. The number of H-pyrrole nitrogens is 1. The van der Waals surface area contributed by atoms with Gasteiger partial charge in [-0.05, 0) is 36.9 Å². The van der Waals surface area contributed by atoms with Crippen molar-refractivity contribution in [3.05, 3.63) is 65.4 Å². The number of aromatic amines is 1. The molecule has 3 aromatic carbocycles. The predicted octanol–water partition coefficient (Wildman–Crippen LogP) is 2.95. The lowest BCUT2D eigenvalue weighted by atomic mass is 9.96. The molecular formula is C29H31NO9. The van der Waals surface area contributed by atoms with Crippen LogP contribution in [0.3, 0.4) is 0 Å². The highest BCUT2D eigenvalue weighted by atomic mass is 16.7. The van der Waals surface area contributed by atoms with E-state index in [1.165, 1.54) is 20.1 Å². The molecule has 0 saturated carbocycles. The summed E-state index contributed by atoms with van der Waals surface area (Å²) in [5.74, 6) is -0.139. The molecule has 0 aliphatic carbocycles. The van der Waals surface area contributed by atoms with Gasteiger partial charge in [-0.3, -0.25) is 4.79 Å². The Labute approximate surface area is 224 Å². The van der Waals surface area contributed by atoms with Crippen LogP contribution in [0.4, 0.5) is 0 Å². The molecule has 1 aliphatic heterocycles. The van der Waals surface area contributed by atoms with Gasteiger partial charge < -0.3 is 44.4 Å². The first kappa shape index (κ1) is 26.9. The van der Waals surface area contributed by atoms with Crippen LogP contribution >= 0.6 is 0 Å². The summed E-state index contributed by atoms with van der Waals surface area (Å²) in [6.45, 7) is 3.19. The van der Waals surface area contributed by atoms with Crippen molar-refractivity contribution in [2.24, 2.45) is 0 Å². The van der Waals surface area contributed by atoms with Crippen molar-refractivity contribution in [1.29, 1.82) is 0 Å². The Morgan fingerprint density at radius 3 is 2.59 bits per heavy atom. The number of nitrogens with one attached hydrogen (secondary N) is 1. The van der Waals surface area contributed by atoms with Crippen molar-refractivity contribution in [3.63, 3.8) is 0 Å². The number of aromatic hydroxyl groups is 1. The van der Waals surface area contributed by atoms with Crippen LogP contribution in [0, 0.1) is 6.92 Å². The summed E-state index contributed by atoms with van der Waals surface area (Å²) in [6.07, 6.45) is -5.27. The van der Waals surface area contributed by atoms with Gasteiger partial charge in [0, 0.05) is 28.7 Å². The Bertz CT molecular complexity index is 1510. The molecule has 5 atom stereocenters. The normalized spacial score (nSPS) is 23.3. The number of aliphatic hydroxyl groups excluding tert-OH is 3. The number of carbonyl (C=O) groups excluding carboxylic acids is 1. The van der Waals surface area contributed by atoms with Crippen LogP contribution in [0.15, 0.2) is 48.7 Å². The largest absolute Gasteiger partial charge is 0.506 e. The van der Waals surface area contributed by atoms with E-state index in [0.29, 0.717) is 16.7 Å². The maximum atomic E-state index is 12.2. The molecule has 1 saturated heterocycles. The number of aromatic nitrogens is 1. The van der Waals surface area contributed by atoms with Crippen LogP contribution in [0.25, 0.3) is 21.7 Å². The number of fused-ring (bicyclic) bond motifs is 2. The van der Waals surface area contributed by atoms with Crippen molar-refractivity contribution in [2.45, 2.75) is 51.2 Å². The molecule has 10 nitrogen and oxygen atoms in total. The average Bonchev–Trinajstić information content (AvgIpc) is 3.32. The quantitative estimate of drug-likeness (QED) is 0.214. The molecule has 1 aliphatic rings. The van der Waals surface area contributed by atoms with Gasteiger partial charge in [-0.2, -0.15) is 0 Å². The second-order valence-electron chi connectivity index (χ2n) is 9.70. The summed E-state index contributed by atoms with van der Waals surface area (Å²) in [5.41, 5.74) is 2.60. The van der Waals surface area contributed by atoms with Gasteiger partial charge in [0.1, 0.15) is 41.7 Å². The molecule has 5 N–H and O–H groups in total. The minimum Gasteiger partial charge on any atom is -0.506 e. The molecule has 206 valence electrons. The lowest BCUT2D eigenvalue weighted by molar-refractivity contribution is -0.280. The molecule has 10 heteroatoms. The van der Waals surface area contributed by atoms with Crippen molar-refractivity contribution >= 4 is 27.5 Å². The summed E-state index contributed by atoms with van der Waals surface area (Å²) >= 11 is 0. The highest BCUT2D eigenvalue weighted by molar-refractivity contribution is 6.07. The number of aryl methyl sites for hydroxylation is 1. The van der Waals surface area contributed by atoms with Crippen molar-refractivity contribution in [2.75, 3.05) is 13.7 Å². The number of hydrogen-bond donors (Lipinski definition) is 5. The van der Waals surface area contributed by atoms with Crippen molar-refractivity contribution in [1.82, 2.24) is 4.98 Å². The molecule has 0 radical (unpaired) electrons. The summed E-state index contributed by atoms with van der Waals surface area (Å²) in [4.78, 5) is 15.4. The number of aliphatic hydroxyl groups is 3. The zero-order valence-electron chi connectivity index (χ0n) is 21.7. The number of ether oxygens (including phenoxy) is 4. The average molecular weight is 538 g/mol.